The number of ether oxygens (including phenoxy) is 1. The van der Waals surface area contributed by atoms with Crippen LogP contribution in [0.1, 0.15) is 16.2 Å². The highest BCUT2D eigenvalue weighted by molar-refractivity contribution is 9.10. The summed E-state index contributed by atoms with van der Waals surface area (Å²) in [6.07, 6.45) is 0. The smallest absolute Gasteiger partial charge is 0.289 e. The molecular formula is C17H21BrN4O3S. The SMILES string of the molecule is O=C(c1ccc(Br)o1)N1CCN(c2nc(CN3CCOCC3)cs2)CC1. The van der Waals surface area contributed by atoms with E-state index in [1.165, 1.54) is 0 Å². The summed E-state index contributed by atoms with van der Waals surface area (Å²) in [7, 11) is 0. The molecule has 0 N–H and O–H groups in total. The number of morpholine rings is 1. The molecule has 0 aliphatic carbocycles. The van der Waals surface area contributed by atoms with Crippen molar-refractivity contribution in [1.82, 2.24) is 14.8 Å². The minimum Gasteiger partial charge on any atom is -0.444 e. The van der Waals surface area contributed by atoms with E-state index in [1.54, 1.807) is 23.5 Å². The van der Waals surface area contributed by atoms with Crippen LogP contribution in [0.25, 0.3) is 0 Å². The molecule has 140 valence electrons. The number of amides is 1. The molecule has 9 heteroatoms. The number of piperazine rings is 1. The fourth-order valence-corrected chi connectivity index (χ4v) is 4.37. The van der Waals surface area contributed by atoms with Gasteiger partial charge in [0, 0.05) is 51.2 Å². The first-order valence-electron chi connectivity index (χ1n) is 8.73. The van der Waals surface area contributed by atoms with E-state index >= 15 is 0 Å². The van der Waals surface area contributed by atoms with Gasteiger partial charge in [0.1, 0.15) is 0 Å². The van der Waals surface area contributed by atoms with Crippen LogP contribution in [0.2, 0.25) is 0 Å². The first kappa shape index (κ1) is 18.0. The van der Waals surface area contributed by atoms with Crippen molar-refractivity contribution < 1.29 is 13.9 Å². The van der Waals surface area contributed by atoms with Gasteiger partial charge in [0.25, 0.3) is 5.91 Å². The maximum absolute atomic E-state index is 12.4. The Morgan fingerprint density at radius 1 is 1.15 bits per heavy atom. The number of rotatable bonds is 4. The van der Waals surface area contributed by atoms with Crippen molar-refractivity contribution in [2.45, 2.75) is 6.54 Å². The van der Waals surface area contributed by atoms with E-state index in [4.69, 9.17) is 14.1 Å². The normalized spacial score (nSPS) is 19.1. The molecule has 2 saturated heterocycles. The molecule has 2 aliphatic rings. The Bertz CT molecular complexity index is 751. The molecule has 1 amide bonds. The van der Waals surface area contributed by atoms with Gasteiger partial charge in [-0.05, 0) is 28.1 Å². The third-order valence-electron chi connectivity index (χ3n) is 4.65. The average molecular weight is 441 g/mol. The van der Waals surface area contributed by atoms with E-state index in [9.17, 15) is 4.79 Å². The predicted molar refractivity (Wildman–Crippen MR) is 103 cm³/mol. The van der Waals surface area contributed by atoms with Gasteiger partial charge in [-0.1, -0.05) is 0 Å². The molecule has 0 saturated carbocycles. The Labute approximate surface area is 164 Å². The Balaban J connectivity index is 1.31. The maximum Gasteiger partial charge on any atom is 0.289 e. The van der Waals surface area contributed by atoms with Gasteiger partial charge in [0.05, 0.1) is 18.9 Å². The molecule has 2 aliphatic heterocycles. The number of hydrogen-bond donors (Lipinski definition) is 0. The largest absolute Gasteiger partial charge is 0.444 e. The summed E-state index contributed by atoms with van der Waals surface area (Å²) in [6.45, 7) is 7.36. The van der Waals surface area contributed by atoms with Crippen LogP contribution in [0.4, 0.5) is 5.13 Å². The number of anilines is 1. The van der Waals surface area contributed by atoms with Crippen molar-refractivity contribution in [2.75, 3.05) is 57.4 Å². The monoisotopic (exact) mass is 440 g/mol. The first-order valence-corrected chi connectivity index (χ1v) is 10.4. The Hall–Kier alpha value is -1.42. The third-order valence-corrected chi connectivity index (χ3v) is 6.03. The van der Waals surface area contributed by atoms with Crippen molar-refractivity contribution in [3.05, 3.63) is 33.6 Å². The highest BCUT2D eigenvalue weighted by atomic mass is 79.9. The molecule has 2 fully saturated rings. The highest BCUT2D eigenvalue weighted by Gasteiger charge is 2.25. The summed E-state index contributed by atoms with van der Waals surface area (Å²) < 4.78 is 11.3. The highest BCUT2D eigenvalue weighted by Crippen LogP contribution is 2.24. The van der Waals surface area contributed by atoms with Crippen LogP contribution >= 0.6 is 27.3 Å². The summed E-state index contributed by atoms with van der Waals surface area (Å²) in [4.78, 5) is 23.7. The van der Waals surface area contributed by atoms with Gasteiger partial charge in [-0.15, -0.1) is 11.3 Å². The number of hydrogen-bond acceptors (Lipinski definition) is 7. The molecule has 4 heterocycles. The molecule has 4 rings (SSSR count). The fraction of sp³-hybridized carbons (Fsp3) is 0.529. The number of carbonyl (C=O) groups is 1. The lowest BCUT2D eigenvalue weighted by Crippen LogP contribution is -2.48. The minimum absolute atomic E-state index is 0.0532. The quantitative estimate of drug-likeness (QED) is 0.726. The molecule has 7 nitrogen and oxygen atoms in total. The van der Waals surface area contributed by atoms with E-state index in [1.807, 2.05) is 4.90 Å². The van der Waals surface area contributed by atoms with Crippen LogP contribution in [0, 0.1) is 0 Å². The zero-order valence-corrected chi connectivity index (χ0v) is 16.8. The van der Waals surface area contributed by atoms with Gasteiger partial charge in [-0.2, -0.15) is 0 Å². The maximum atomic E-state index is 12.4. The van der Waals surface area contributed by atoms with Crippen LogP contribution in [-0.2, 0) is 11.3 Å². The van der Waals surface area contributed by atoms with Gasteiger partial charge in [0.15, 0.2) is 15.6 Å². The van der Waals surface area contributed by atoms with Gasteiger partial charge in [-0.3, -0.25) is 9.69 Å². The van der Waals surface area contributed by atoms with Crippen LogP contribution in [0.15, 0.2) is 26.6 Å². The standard InChI is InChI=1S/C17H21BrN4O3S/c18-15-2-1-14(25-15)16(23)21-3-5-22(6-4-21)17-19-13(12-26-17)11-20-7-9-24-10-8-20/h1-2,12H,3-11H2. The second-order valence-electron chi connectivity index (χ2n) is 6.39. The molecule has 0 aromatic carbocycles. The Kier molecular flexibility index (Phi) is 5.58. The Morgan fingerprint density at radius 3 is 2.62 bits per heavy atom. The second kappa shape index (κ2) is 8.08. The molecule has 2 aromatic heterocycles. The van der Waals surface area contributed by atoms with E-state index in [0.717, 1.165) is 56.8 Å². The van der Waals surface area contributed by atoms with Gasteiger partial charge in [-0.25, -0.2) is 4.98 Å². The average Bonchev–Trinajstić information content (AvgIpc) is 3.31. The number of thiazole rings is 1. The van der Waals surface area contributed by atoms with E-state index in [-0.39, 0.29) is 5.91 Å². The molecule has 2 aromatic rings. The number of aromatic nitrogens is 1. The first-order chi connectivity index (χ1) is 12.7. The van der Waals surface area contributed by atoms with Crippen molar-refractivity contribution in [3.63, 3.8) is 0 Å². The lowest BCUT2D eigenvalue weighted by atomic mass is 10.3. The van der Waals surface area contributed by atoms with Gasteiger partial charge < -0.3 is 19.0 Å². The van der Waals surface area contributed by atoms with Crippen LogP contribution in [0.3, 0.4) is 0 Å². The zero-order valence-electron chi connectivity index (χ0n) is 14.4. The zero-order chi connectivity index (χ0) is 17.9. The van der Waals surface area contributed by atoms with Gasteiger partial charge >= 0.3 is 0 Å². The topological polar surface area (TPSA) is 62.1 Å². The number of furan rings is 1. The second-order valence-corrected chi connectivity index (χ2v) is 8.01. The predicted octanol–water partition coefficient (Wildman–Crippen LogP) is 2.29. The summed E-state index contributed by atoms with van der Waals surface area (Å²) in [5.74, 6) is 0.329. The van der Waals surface area contributed by atoms with Crippen LogP contribution in [-0.4, -0.2) is 73.2 Å². The molecule has 0 atom stereocenters. The lowest BCUT2D eigenvalue weighted by Gasteiger charge is -2.34. The van der Waals surface area contributed by atoms with Crippen LogP contribution in [0.5, 0.6) is 0 Å². The van der Waals surface area contributed by atoms with Crippen LogP contribution < -0.4 is 4.90 Å². The van der Waals surface area contributed by atoms with Gasteiger partial charge in [0.2, 0.25) is 0 Å². The van der Waals surface area contributed by atoms with Crippen molar-refractivity contribution in [2.24, 2.45) is 0 Å². The summed E-state index contributed by atoms with van der Waals surface area (Å²) in [6, 6.07) is 3.45. The lowest BCUT2D eigenvalue weighted by molar-refractivity contribution is 0.0337. The Morgan fingerprint density at radius 2 is 1.92 bits per heavy atom. The van der Waals surface area contributed by atoms with E-state index in [0.29, 0.717) is 23.5 Å². The summed E-state index contributed by atoms with van der Waals surface area (Å²) in [5, 5.41) is 3.18. The fourth-order valence-electron chi connectivity index (χ4n) is 3.19. The van der Waals surface area contributed by atoms with Crippen molar-refractivity contribution in [1.29, 1.82) is 0 Å². The van der Waals surface area contributed by atoms with E-state index < -0.39 is 0 Å². The number of nitrogens with zero attached hydrogens (tertiary/aromatic N) is 4. The molecular weight excluding hydrogens is 420 g/mol. The number of halogens is 1. The van der Waals surface area contributed by atoms with E-state index in [2.05, 4.69) is 31.1 Å². The molecule has 0 bridgehead atoms. The summed E-state index contributed by atoms with van der Waals surface area (Å²) in [5.41, 5.74) is 1.12. The molecule has 0 radical (unpaired) electrons. The summed E-state index contributed by atoms with van der Waals surface area (Å²) >= 11 is 4.92. The molecule has 0 unspecified atom stereocenters. The van der Waals surface area contributed by atoms with Crippen molar-refractivity contribution >= 4 is 38.3 Å². The minimum atomic E-state index is -0.0532. The van der Waals surface area contributed by atoms with Crippen molar-refractivity contribution in [3.8, 4) is 0 Å². The molecule has 26 heavy (non-hydrogen) atoms. The third kappa shape index (κ3) is 4.11. The molecule has 0 spiro atoms. The number of carbonyl (C=O) groups excluding carboxylic acids is 1.